The van der Waals surface area contributed by atoms with E-state index in [0.29, 0.717) is 17.9 Å². The standard InChI is InChI=1S/C18H20N2O3/c1-23-16-10-6-5-9-15(16)18(22)20(12-11-17(19)21)13-14-7-3-2-4-8-14/h2-10H,11-13H2,1H3,(H2,19,21). The van der Waals surface area contributed by atoms with Crippen molar-refractivity contribution in [2.24, 2.45) is 5.73 Å². The third-order valence-electron chi connectivity index (χ3n) is 3.47. The lowest BCUT2D eigenvalue weighted by Crippen LogP contribution is -2.33. The molecule has 0 fully saturated rings. The molecule has 2 amide bonds. The predicted octanol–water partition coefficient (Wildman–Crippen LogP) is 2.21. The van der Waals surface area contributed by atoms with Crippen LogP contribution in [0.3, 0.4) is 0 Å². The normalized spacial score (nSPS) is 10.1. The van der Waals surface area contributed by atoms with Gasteiger partial charge < -0.3 is 15.4 Å². The van der Waals surface area contributed by atoms with E-state index in [0.717, 1.165) is 5.56 Å². The Morgan fingerprint density at radius 1 is 1.04 bits per heavy atom. The number of amides is 2. The monoisotopic (exact) mass is 312 g/mol. The number of carbonyl (C=O) groups is 2. The molecular weight excluding hydrogens is 292 g/mol. The van der Waals surface area contributed by atoms with Crippen molar-refractivity contribution in [2.45, 2.75) is 13.0 Å². The fourth-order valence-electron chi connectivity index (χ4n) is 2.29. The van der Waals surface area contributed by atoms with Crippen LogP contribution < -0.4 is 10.5 Å². The maximum absolute atomic E-state index is 12.8. The molecule has 0 bridgehead atoms. The third kappa shape index (κ3) is 4.57. The van der Waals surface area contributed by atoms with Crippen LogP contribution >= 0.6 is 0 Å². The van der Waals surface area contributed by atoms with Crippen LogP contribution in [-0.2, 0) is 11.3 Å². The van der Waals surface area contributed by atoms with Crippen LogP contribution in [-0.4, -0.2) is 30.4 Å². The number of ether oxygens (including phenoxy) is 1. The van der Waals surface area contributed by atoms with Crippen molar-refractivity contribution in [3.05, 3.63) is 65.7 Å². The van der Waals surface area contributed by atoms with Gasteiger partial charge in [0.25, 0.3) is 5.91 Å². The molecule has 2 aromatic rings. The molecule has 0 aromatic heterocycles. The van der Waals surface area contributed by atoms with Gasteiger partial charge in [0.2, 0.25) is 5.91 Å². The zero-order valence-corrected chi connectivity index (χ0v) is 13.1. The van der Waals surface area contributed by atoms with Gasteiger partial charge in [0.1, 0.15) is 5.75 Å². The Kier molecular flexibility index (Phi) is 5.74. The molecule has 2 N–H and O–H groups in total. The van der Waals surface area contributed by atoms with Gasteiger partial charge >= 0.3 is 0 Å². The highest BCUT2D eigenvalue weighted by Crippen LogP contribution is 2.20. The smallest absolute Gasteiger partial charge is 0.257 e. The predicted molar refractivity (Wildman–Crippen MR) is 88.0 cm³/mol. The number of rotatable bonds is 7. The van der Waals surface area contributed by atoms with Crippen molar-refractivity contribution in [1.29, 1.82) is 0 Å². The van der Waals surface area contributed by atoms with Crippen LogP contribution in [0, 0.1) is 0 Å². The molecule has 0 saturated heterocycles. The summed E-state index contributed by atoms with van der Waals surface area (Å²) < 4.78 is 5.25. The highest BCUT2D eigenvalue weighted by molar-refractivity contribution is 5.97. The van der Waals surface area contributed by atoms with E-state index in [-0.39, 0.29) is 18.9 Å². The summed E-state index contributed by atoms with van der Waals surface area (Å²) in [5.74, 6) is -0.113. The second-order valence-corrected chi connectivity index (χ2v) is 5.13. The molecule has 0 aliphatic heterocycles. The molecule has 0 atom stereocenters. The van der Waals surface area contributed by atoms with Crippen LogP contribution in [0.15, 0.2) is 54.6 Å². The minimum Gasteiger partial charge on any atom is -0.496 e. The van der Waals surface area contributed by atoms with Crippen LogP contribution in [0.25, 0.3) is 0 Å². The maximum atomic E-state index is 12.8. The average Bonchev–Trinajstić information content (AvgIpc) is 2.58. The van der Waals surface area contributed by atoms with E-state index < -0.39 is 5.91 Å². The first-order chi connectivity index (χ1) is 11.1. The molecule has 0 heterocycles. The minimum atomic E-state index is -0.434. The summed E-state index contributed by atoms with van der Waals surface area (Å²) >= 11 is 0. The van der Waals surface area contributed by atoms with Crippen LogP contribution in [0.1, 0.15) is 22.3 Å². The van der Waals surface area contributed by atoms with Crippen molar-refractivity contribution in [2.75, 3.05) is 13.7 Å². The van der Waals surface area contributed by atoms with E-state index in [1.54, 1.807) is 29.2 Å². The van der Waals surface area contributed by atoms with Crippen molar-refractivity contribution in [3.8, 4) is 5.75 Å². The first-order valence-corrected chi connectivity index (χ1v) is 7.36. The quantitative estimate of drug-likeness (QED) is 0.852. The summed E-state index contributed by atoms with van der Waals surface area (Å²) in [7, 11) is 1.52. The SMILES string of the molecule is COc1ccccc1C(=O)N(CCC(N)=O)Cc1ccccc1. The molecule has 0 saturated carbocycles. The Bertz CT molecular complexity index is 671. The van der Waals surface area contributed by atoms with Crippen molar-refractivity contribution >= 4 is 11.8 Å². The fourth-order valence-corrected chi connectivity index (χ4v) is 2.29. The summed E-state index contributed by atoms with van der Waals surface area (Å²) in [6.45, 7) is 0.673. The molecular formula is C18H20N2O3. The van der Waals surface area contributed by atoms with Gasteiger partial charge in [0.05, 0.1) is 12.7 Å². The fraction of sp³-hybridized carbons (Fsp3) is 0.222. The van der Waals surface area contributed by atoms with E-state index >= 15 is 0 Å². The van der Waals surface area contributed by atoms with E-state index in [4.69, 9.17) is 10.5 Å². The summed E-state index contributed by atoms with van der Waals surface area (Å²) in [6, 6.07) is 16.7. The average molecular weight is 312 g/mol. The Morgan fingerprint density at radius 2 is 1.70 bits per heavy atom. The van der Waals surface area contributed by atoms with Gasteiger partial charge in [0.15, 0.2) is 0 Å². The molecule has 2 rings (SSSR count). The molecule has 0 spiro atoms. The van der Waals surface area contributed by atoms with Gasteiger partial charge in [-0.2, -0.15) is 0 Å². The van der Waals surface area contributed by atoms with Crippen molar-refractivity contribution in [1.82, 2.24) is 4.90 Å². The second kappa shape index (κ2) is 7.98. The van der Waals surface area contributed by atoms with Gasteiger partial charge in [-0.05, 0) is 17.7 Å². The first kappa shape index (κ1) is 16.5. The molecule has 5 nitrogen and oxygen atoms in total. The van der Waals surface area contributed by atoms with Crippen LogP contribution in [0.2, 0.25) is 0 Å². The Balaban J connectivity index is 2.24. The van der Waals surface area contributed by atoms with Crippen LogP contribution in [0.4, 0.5) is 0 Å². The van der Waals surface area contributed by atoms with Crippen LogP contribution in [0.5, 0.6) is 5.75 Å². The number of para-hydroxylation sites is 1. The topological polar surface area (TPSA) is 72.6 Å². The molecule has 23 heavy (non-hydrogen) atoms. The summed E-state index contributed by atoms with van der Waals surface area (Å²) in [5, 5.41) is 0. The Hall–Kier alpha value is -2.82. The summed E-state index contributed by atoms with van der Waals surface area (Å²) in [5.41, 5.74) is 6.68. The highest BCUT2D eigenvalue weighted by atomic mass is 16.5. The zero-order valence-electron chi connectivity index (χ0n) is 13.1. The number of methoxy groups -OCH3 is 1. The van der Waals surface area contributed by atoms with E-state index in [9.17, 15) is 9.59 Å². The highest BCUT2D eigenvalue weighted by Gasteiger charge is 2.20. The van der Waals surface area contributed by atoms with E-state index in [2.05, 4.69) is 0 Å². The second-order valence-electron chi connectivity index (χ2n) is 5.13. The number of hydrogen-bond acceptors (Lipinski definition) is 3. The first-order valence-electron chi connectivity index (χ1n) is 7.36. The van der Waals surface area contributed by atoms with Gasteiger partial charge in [-0.3, -0.25) is 9.59 Å². The van der Waals surface area contributed by atoms with Crippen molar-refractivity contribution < 1.29 is 14.3 Å². The van der Waals surface area contributed by atoms with Crippen molar-refractivity contribution in [3.63, 3.8) is 0 Å². The lowest BCUT2D eigenvalue weighted by Gasteiger charge is -2.23. The van der Waals surface area contributed by atoms with E-state index in [1.165, 1.54) is 7.11 Å². The molecule has 0 aliphatic carbocycles. The number of carbonyl (C=O) groups excluding carboxylic acids is 2. The van der Waals surface area contributed by atoms with E-state index in [1.807, 2.05) is 30.3 Å². The maximum Gasteiger partial charge on any atom is 0.257 e. The summed E-state index contributed by atoms with van der Waals surface area (Å²) in [4.78, 5) is 25.5. The Labute approximate surface area is 135 Å². The van der Waals surface area contributed by atoms with Gasteiger partial charge in [-0.25, -0.2) is 0 Å². The minimum absolute atomic E-state index is 0.119. The molecule has 2 aromatic carbocycles. The lowest BCUT2D eigenvalue weighted by molar-refractivity contribution is -0.118. The molecule has 0 unspecified atom stereocenters. The number of nitrogens with zero attached hydrogens (tertiary/aromatic N) is 1. The van der Waals surface area contributed by atoms with Gasteiger partial charge in [0, 0.05) is 19.5 Å². The van der Waals surface area contributed by atoms with Gasteiger partial charge in [-0.1, -0.05) is 42.5 Å². The lowest BCUT2D eigenvalue weighted by atomic mass is 10.1. The molecule has 0 radical (unpaired) electrons. The molecule has 5 heteroatoms. The molecule has 120 valence electrons. The van der Waals surface area contributed by atoms with Gasteiger partial charge in [-0.15, -0.1) is 0 Å². The number of benzene rings is 2. The molecule has 0 aliphatic rings. The third-order valence-corrected chi connectivity index (χ3v) is 3.47. The zero-order chi connectivity index (χ0) is 16.7. The largest absolute Gasteiger partial charge is 0.496 e. The Morgan fingerprint density at radius 3 is 2.35 bits per heavy atom. The summed E-state index contributed by atoms with van der Waals surface area (Å²) in [6.07, 6.45) is 0.119. The number of primary amides is 1. The number of hydrogen-bond donors (Lipinski definition) is 1. The number of nitrogens with two attached hydrogens (primary N) is 1.